The highest BCUT2D eigenvalue weighted by Gasteiger charge is 1.91. The van der Waals surface area contributed by atoms with E-state index in [1.807, 2.05) is 0 Å². The Balaban J connectivity index is 2.84. The molecule has 0 aliphatic heterocycles. The predicted molar refractivity (Wildman–Crippen MR) is 56.4 cm³/mol. The van der Waals surface area contributed by atoms with Crippen LogP contribution in [0.15, 0.2) is 0 Å². The third kappa shape index (κ3) is 11.8. The molecule has 0 spiro atoms. The summed E-state index contributed by atoms with van der Waals surface area (Å²) in [5.41, 5.74) is 10.7. The van der Waals surface area contributed by atoms with Crippen LogP contribution in [-0.4, -0.2) is 45.4 Å². The van der Waals surface area contributed by atoms with Gasteiger partial charge in [0.2, 0.25) is 0 Å². The molecule has 0 saturated heterocycles. The van der Waals surface area contributed by atoms with Gasteiger partial charge in [0.25, 0.3) is 0 Å². The van der Waals surface area contributed by atoms with Crippen molar-refractivity contribution in [2.75, 3.05) is 39.3 Å². The van der Waals surface area contributed by atoms with Crippen LogP contribution >= 0.6 is 0 Å². The van der Waals surface area contributed by atoms with Crippen molar-refractivity contribution in [2.24, 2.45) is 11.5 Å². The van der Waals surface area contributed by atoms with Gasteiger partial charge in [0.1, 0.15) is 0 Å². The predicted octanol–water partition coefficient (Wildman–Crippen LogP) is -1.98. The van der Waals surface area contributed by atoms with Crippen LogP contribution in [0.3, 0.4) is 0 Å². The average Bonchev–Trinajstić information content (AvgIpc) is 2.09. The summed E-state index contributed by atoms with van der Waals surface area (Å²) < 4.78 is 0. The lowest BCUT2D eigenvalue weighted by atomic mass is 10.5. The molecule has 0 bridgehead atoms. The number of hydrogen-bond donors (Lipinski definition) is 5. The molecule has 13 heavy (non-hydrogen) atoms. The van der Waals surface area contributed by atoms with E-state index in [1.54, 1.807) is 0 Å². The van der Waals surface area contributed by atoms with Crippen LogP contribution < -0.4 is 27.4 Å². The lowest BCUT2D eigenvalue weighted by Crippen LogP contribution is -2.43. The number of likely N-dealkylation sites (N-methyl/N-ethyl adjacent to an activating group) is 1. The van der Waals surface area contributed by atoms with Gasteiger partial charge in [-0.1, -0.05) is 6.92 Å². The molecule has 0 aromatic carbocycles. The standard InChI is InChI=1S/C8H23N5/c1-2-11-3-4-12-5-6-13-7-8(9)10/h8,11-13H,2-7,9-10H2,1H3. The zero-order valence-corrected chi connectivity index (χ0v) is 8.47. The van der Waals surface area contributed by atoms with Gasteiger partial charge in [-0.25, -0.2) is 0 Å². The van der Waals surface area contributed by atoms with Crippen molar-refractivity contribution < 1.29 is 0 Å². The maximum Gasteiger partial charge on any atom is 0.0649 e. The van der Waals surface area contributed by atoms with Crippen LogP contribution in [0.4, 0.5) is 0 Å². The summed E-state index contributed by atoms with van der Waals surface area (Å²) in [5, 5.41) is 9.66. The Kier molecular flexibility index (Phi) is 9.73. The van der Waals surface area contributed by atoms with Crippen molar-refractivity contribution in [1.29, 1.82) is 0 Å². The summed E-state index contributed by atoms with van der Waals surface area (Å²) >= 11 is 0. The first-order chi connectivity index (χ1) is 6.27. The fraction of sp³-hybridized carbons (Fsp3) is 1.00. The Morgan fingerprint density at radius 1 is 0.923 bits per heavy atom. The van der Waals surface area contributed by atoms with Crippen LogP contribution in [0.1, 0.15) is 6.92 Å². The Labute approximate surface area is 80.6 Å². The van der Waals surface area contributed by atoms with Gasteiger partial charge in [-0.05, 0) is 6.54 Å². The normalized spacial score (nSPS) is 11.1. The molecular formula is C8H23N5. The fourth-order valence-electron chi connectivity index (χ4n) is 0.924. The molecule has 0 aliphatic rings. The first kappa shape index (κ1) is 12.8. The van der Waals surface area contributed by atoms with E-state index < -0.39 is 0 Å². The van der Waals surface area contributed by atoms with Crippen LogP contribution in [-0.2, 0) is 0 Å². The van der Waals surface area contributed by atoms with Gasteiger partial charge < -0.3 is 27.4 Å². The first-order valence-corrected chi connectivity index (χ1v) is 4.90. The summed E-state index contributed by atoms with van der Waals surface area (Å²) in [6.07, 6.45) is -0.248. The Hall–Kier alpha value is -0.200. The SMILES string of the molecule is CCNCCNCCNCC(N)N. The van der Waals surface area contributed by atoms with E-state index in [4.69, 9.17) is 11.5 Å². The summed E-state index contributed by atoms with van der Waals surface area (Å²) in [5.74, 6) is 0. The molecular weight excluding hydrogens is 166 g/mol. The third-order valence-corrected chi connectivity index (χ3v) is 1.59. The van der Waals surface area contributed by atoms with Gasteiger partial charge >= 0.3 is 0 Å². The highest BCUT2D eigenvalue weighted by Crippen LogP contribution is 1.62. The van der Waals surface area contributed by atoms with Crippen molar-refractivity contribution in [3.05, 3.63) is 0 Å². The molecule has 0 unspecified atom stereocenters. The maximum atomic E-state index is 5.36. The number of nitrogens with two attached hydrogens (primary N) is 2. The second kappa shape index (κ2) is 9.88. The number of nitrogens with one attached hydrogen (secondary N) is 3. The molecule has 0 fully saturated rings. The lowest BCUT2D eigenvalue weighted by Gasteiger charge is -2.08. The third-order valence-electron chi connectivity index (χ3n) is 1.59. The molecule has 0 aliphatic carbocycles. The van der Waals surface area contributed by atoms with E-state index in [1.165, 1.54) is 0 Å². The molecule has 7 N–H and O–H groups in total. The topological polar surface area (TPSA) is 88.1 Å². The highest BCUT2D eigenvalue weighted by atomic mass is 15.0. The molecule has 0 rings (SSSR count). The molecule has 0 aromatic heterocycles. The summed E-state index contributed by atoms with van der Waals surface area (Å²) in [4.78, 5) is 0. The van der Waals surface area contributed by atoms with Crippen molar-refractivity contribution in [2.45, 2.75) is 13.1 Å². The minimum absolute atomic E-state index is 0.248. The lowest BCUT2D eigenvalue weighted by molar-refractivity contribution is 0.556. The molecule has 0 atom stereocenters. The Bertz CT molecular complexity index is 96.5. The van der Waals surface area contributed by atoms with Gasteiger partial charge in [0.15, 0.2) is 0 Å². The van der Waals surface area contributed by atoms with Crippen molar-refractivity contribution in [3.8, 4) is 0 Å². The summed E-state index contributed by atoms with van der Waals surface area (Å²) in [6, 6.07) is 0. The molecule has 5 heteroatoms. The van der Waals surface area contributed by atoms with Crippen LogP contribution in [0.2, 0.25) is 0 Å². The van der Waals surface area contributed by atoms with E-state index in [2.05, 4.69) is 22.9 Å². The Morgan fingerprint density at radius 2 is 1.46 bits per heavy atom. The molecule has 0 heterocycles. The van der Waals surface area contributed by atoms with Crippen LogP contribution in [0.25, 0.3) is 0 Å². The molecule has 0 radical (unpaired) electrons. The minimum Gasteiger partial charge on any atom is -0.316 e. The first-order valence-electron chi connectivity index (χ1n) is 4.90. The van der Waals surface area contributed by atoms with Gasteiger partial charge in [-0.15, -0.1) is 0 Å². The largest absolute Gasteiger partial charge is 0.316 e. The second-order valence-corrected chi connectivity index (χ2v) is 2.97. The van der Waals surface area contributed by atoms with Gasteiger partial charge in [0.05, 0.1) is 6.17 Å². The maximum absolute atomic E-state index is 5.36. The summed E-state index contributed by atoms with van der Waals surface area (Å²) in [6.45, 7) is 7.70. The molecule has 5 nitrogen and oxygen atoms in total. The van der Waals surface area contributed by atoms with E-state index in [0.717, 1.165) is 32.7 Å². The zero-order chi connectivity index (χ0) is 9.94. The van der Waals surface area contributed by atoms with Gasteiger partial charge in [-0.3, -0.25) is 0 Å². The summed E-state index contributed by atoms with van der Waals surface area (Å²) in [7, 11) is 0. The van der Waals surface area contributed by atoms with E-state index in [0.29, 0.717) is 6.54 Å². The molecule has 80 valence electrons. The zero-order valence-electron chi connectivity index (χ0n) is 8.47. The smallest absolute Gasteiger partial charge is 0.0649 e. The molecule has 0 aromatic rings. The quantitative estimate of drug-likeness (QED) is 0.214. The van der Waals surface area contributed by atoms with E-state index >= 15 is 0 Å². The minimum atomic E-state index is -0.248. The second-order valence-electron chi connectivity index (χ2n) is 2.97. The molecule has 0 saturated carbocycles. The van der Waals surface area contributed by atoms with Gasteiger partial charge in [0, 0.05) is 32.7 Å². The number of hydrogen-bond acceptors (Lipinski definition) is 5. The highest BCUT2D eigenvalue weighted by molar-refractivity contribution is 4.58. The number of rotatable bonds is 9. The van der Waals surface area contributed by atoms with E-state index in [-0.39, 0.29) is 6.17 Å². The van der Waals surface area contributed by atoms with Crippen LogP contribution in [0, 0.1) is 0 Å². The van der Waals surface area contributed by atoms with Gasteiger partial charge in [-0.2, -0.15) is 0 Å². The molecule has 0 amide bonds. The fourth-order valence-corrected chi connectivity index (χ4v) is 0.924. The van der Waals surface area contributed by atoms with Crippen LogP contribution in [0.5, 0.6) is 0 Å². The van der Waals surface area contributed by atoms with Crippen molar-refractivity contribution >= 4 is 0 Å². The Morgan fingerprint density at radius 3 is 2.00 bits per heavy atom. The van der Waals surface area contributed by atoms with E-state index in [9.17, 15) is 0 Å². The van der Waals surface area contributed by atoms with Crippen molar-refractivity contribution in [1.82, 2.24) is 16.0 Å². The van der Waals surface area contributed by atoms with Crippen molar-refractivity contribution in [3.63, 3.8) is 0 Å². The average molecular weight is 189 g/mol. The monoisotopic (exact) mass is 189 g/mol.